The first kappa shape index (κ1) is 17.2. The molecule has 3 rings (SSSR count). The van der Waals surface area contributed by atoms with E-state index in [2.05, 4.69) is 4.98 Å². The second-order valence-electron chi connectivity index (χ2n) is 5.67. The van der Waals surface area contributed by atoms with E-state index < -0.39 is 5.25 Å². The van der Waals surface area contributed by atoms with Crippen LogP contribution in [0.3, 0.4) is 0 Å². The Labute approximate surface area is 149 Å². The molecule has 0 saturated carbocycles. The summed E-state index contributed by atoms with van der Waals surface area (Å²) in [6.07, 6.45) is 0. The molecule has 0 bridgehead atoms. The number of thioether (sulfide) groups is 1. The first-order chi connectivity index (χ1) is 12.0. The summed E-state index contributed by atoms with van der Waals surface area (Å²) in [6, 6.07) is 14.8. The highest BCUT2D eigenvalue weighted by molar-refractivity contribution is 8.00. The number of nitrogens with zero attached hydrogens (tertiary/aromatic N) is 2. The summed E-state index contributed by atoms with van der Waals surface area (Å²) < 4.78 is 6.34. The number of aryl methyl sites for hydroxylation is 1. The third-order valence-corrected chi connectivity index (χ3v) is 4.88. The Morgan fingerprint density at radius 1 is 1.16 bits per heavy atom. The van der Waals surface area contributed by atoms with Crippen molar-refractivity contribution in [2.24, 2.45) is 0 Å². The van der Waals surface area contributed by atoms with Crippen molar-refractivity contribution in [3.05, 3.63) is 64.4 Å². The lowest BCUT2D eigenvalue weighted by atomic mass is 10.2. The molecule has 2 aromatic carbocycles. The fourth-order valence-corrected chi connectivity index (χ4v) is 3.44. The van der Waals surface area contributed by atoms with Gasteiger partial charge in [-0.05, 0) is 38.1 Å². The smallest absolute Gasteiger partial charge is 0.318 e. The van der Waals surface area contributed by atoms with Gasteiger partial charge in [-0.2, -0.15) is 0 Å². The fraction of sp³-hybridized carbons (Fsp3) is 0.211. The molecule has 0 radical (unpaired) electrons. The Bertz CT molecular complexity index is 980. The number of carbonyl (C=O) groups is 1. The van der Waals surface area contributed by atoms with Gasteiger partial charge in [0.2, 0.25) is 0 Å². The van der Waals surface area contributed by atoms with Gasteiger partial charge in [0.25, 0.3) is 5.56 Å². The molecule has 0 aliphatic heterocycles. The second-order valence-corrected chi connectivity index (χ2v) is 6.98. The van der Waals surface area contributed by atoms with Crippen LogP contribution >= 0.6 is 11.8 Å². The average molecular weight is 354 g/mol. The van der Waals surface area contributed by atoms with Gasteiger partial charge >= 0.3 is 5.97 Å². The molecule has 0 aliphatic rings. The van der Waals surface area contributed by atoms with E-state index in [4.69, 9.17) is 4.74 Å². The van der Waals surface area contributed by atoms with Crippen LogP contribution in [0.1, 0.15) is 12.5 Å². The van der Waals surface area contributed by atoms with Crippen LogP contribution < -0.4 is 5.56 Å². The molecule has 1 atom stereocenters. The van der Waals surface area contributed by atoms with E-state index in [1.807, 2.05) is 43.3 Å². The molecule has 6 heteroatoms. The first-order valence-electron chi connectivity index (χ1n) is 7.84. The third-order valence-electron chi connectivity index (χ3n) is 3.85. The number of rotatable bonds is 4. The number of aromatic nitrogens is 2. The number of carbonyl (C=O) groups excluding carboxylic acids is 1. The van der Waals surface area contributed by atoms with Gasteiger partial charge in [0.1, 0.15) is 5.25 Å². The molecule has 1 aromatic heterocycles. The van der Waals surface area contributed by atoms with Gasteiger partial charge in [0.05, 0.1) is 23.7 Å². The molecular formula is C19H18N2O3S. The molecule has 25 heavy (non-hydrogen) atoms. The van der Waals surface area contributed by atoms with Crippen LogP contribution in [0.5, 0.6) is 0 Å². The number of para-hydroxylation sites is 1. The van der Waals surface area contributed by atoms with E-state index in [1.165, 1.54) is 18.9 Å². The van der Waals surface area contributed by atoms with Crippen LogP contribution in [0, 0.1) is 6.92 Å². The zero-order valence-electron chi connectivity index (χ0n) is 14.2. The standard InChI is InChI=1S/C19H18N2O3S/c1-12-8-10-14(11-9-12)21-17(22)15-6-4-5-7-16(15)20-19(21)25-13(2)18(23)24-3/h4-11,13H,1-3H3. The highest BCUT2D eigenvalue weighted by Crippen LogP contribution is 2.25. The van der Waals surface area contributed by atoms with E-state index in [0.29, 0.717) is 21.7 Å². The highest BCUT2D eigenvalue weighted by Gasteiger charge is 2.20. The lowest BCUT2D eigenvalue weighted by Gasteiger charge is -2.15. The van der Waals surface area contributed by atoms with Crippen molar-refractivity contribution < 1.29 is 9.53 Å². The number of methoxy groups -OCH3 is 1. The molecule has 0 fully saturated rings. The average Bonchev–Trinajstić information content (AvgIpc) is 2.62. The lowest BCUT2D eigenvalue weighted by Crippen LogP contribution is -2.24. The SMILES string of the molecule is COC(=O)C(C)Sc1nc2ccccc2c(=O)n1-c1ccc(C)cc1. The first-order valence-corrected chi connectivity index (χ1v) is 8.72. The highest BCUT2D eigenvalue weighted by atomic mass is 32.2. The molecular weight excluding hydrogens is 336 g/mol. The van der Waals surface area contributed by atoms with Gasteiger partial charge in [0, 0.05) is 0 Å². The quantitative estimate of drug-likeness (QED) is 0.408. The molecule has 1 heterocycles. The molecule has 128 valence electrons. The molecule has 0 N–H and O–H groups in total. The van der Waals surface area contributed by atoms with Gasteiger partial charge in [-0.1, -0.05) is 41.6 Å². The normalized spacial score (nSPS) is 12.1. The fourth-order valence-electron chi connectivity index (χ4n) is 2.49. The topological polar surface area (TPSA) is 61.2 Å². The van der Waals surface area contributed by atoms with Crippen LogP contribution in [0.2, 0.25) is 0 Å². The molecule has 5 nitrogen and oxygen atoms in total. The Morgan fingerprint density at radius 3 is 2.52 bits per heavy atom. The lowest BCUT2D eigenvalue weighted by molar-refractivity contribution is -0.139. The summed E-state index contributed by atoms with van der Waals surface area (Å²) in [5.74, 6) is -0.358. The predicted octanol–water partition coefficient (Wildman–Crippen LogP) is 3.35. The zero-order chi connectivity index (χ0) is 18.0. The summed E-state index contributed by atoms with van der Waals surface area (Å²) in [5.41, 5.74) is 2.26. The Hall–Kier alpha value is -2.60. The van der Waals surface area contributed by atoms with Gasteiger partial charge in [-0.15, -0.1) is 0 Å². The number of fused-ring (bicyclic) bond motifs is 1. The number of ether oxygens (including phenoxy) is 1. The van der Waals surface area contributed by atoms with Crippen molar-refractivity contribution in [3.8, 4) is 5.69 Å². The van der Waals surface area contributed by atoms with Crippen LogP contribution in [-0.4, -0.2) is 27.9 Å². The number of esters is 1. The van der Waals surface area contributed by atoms with Crippen LogP contribution in [-0.2, 0) is 9.53 Å². The summed E-state index contributed by atoms with van der Waals surface area (Å²) in [7, 11) is 1.35. The number of hydrogen-bond donors (Lipinski definition) is 0. The van der Waals surface area contributed by atoms with E-state index in [-0.39, 0.29) is 11.5 Å². The number of benzene rings is 2. The van der Waals surface area contributed by atoms with Crippen molar-refractivity contribution in [2.75, 3.05) is 7.11 Å². The van der Waals surface area contributed by atoms with Gasteiger partial charge < -0.3 is 4.74 Å². The Kier molecular flexibility index (Phi) is 4.90. The van der Waals surface area contributed by atoms with Crippen molar-refractivity contribution >= 4 is 28.6 Å². The van der Waals surface area contributed by atoms with Crippen LogP contribution in [0.25, 0.3) is 16.6 Å². The van der Waals surface area contributed by atoms with Gasteiger partial charge in [-0.3, -0.25) is 14.2 Å². The molecule has 0 amide bonds. The molecule has 3 aromatic rings. The molecule has 0 spiro atoms. The molecule has 0 saturated heterocycles. The maximum absolute atomic E-state index is 13.0. The van der Waals surface area contributed by atoms with Crippen molar-refractivity contribution in [1.29, 1.82) is 0 Å². The molecule has 0 aliphatic carbocycles. The molecule has 1 unspecified atom stereocenters. The van der Waals surface area contributed by atoms with Crippen molar-refractivity contribution in [3.63, 3.8) is 0 Å². The number of hydrogen-bond acceptors (Lipinski definition) is 5. The Morgan fingerprint density at radius 2 is 1.84 bits per heavy atom. The Balaban J connectivity index is 2.22. The third kappa shape index (κ3) is 3.44. The van der Waals surface area contributed by atoms with E-state index in [1.54, 1.807) is 23.6 Å². The predicted molar refractivity (Wildman–Crippen MR) is 99.4 cm³/mol. The van der Waals surface area contributed by atoms with Crippen LogP contribution in [0.15, 0.2) is 58.5 Å². The summed E-state index contributed by atoms with van der Waals surface area (Å²) in [6.45, 7) is 3.72. The van der Waals surface area contributed by atoms with Crippen molar-refractivity contribution in [1.82, 2.24) is 9.55 Å². The van der Waals surface area contributed by atoms with Crippen molar-refractivity contribution in [2.45, 2.75) is 24.3 Å². The largest absolute Gasteiger partial charge is 0.468 e. The maximum atomic E-state index is 13.0. The van der Waals surface area contributed by atoms with E-state index >= 15 is 0 Å². The van der Waals surface area contributed by atoms with E-state index in [0.717, 1.165) is 5.56 Å². The second kappa shape index (κ2) is 7.11. The van der Waals surface area contributed by atoms with Gasteiger partial charge in [-0.25, -0.2) is 4.98 Å². The maximum Gasteiger partial charge on any atom is 0.318 e. The summed E-state index contributed by atoms with van der Waals surface area (Å²) in [5, 5.41) is 0.526. The minimum atomic E-state index is -0.477. The van der Waals surface area contributed by atoms with E-state index in [9.17, 15) is 9.59 Å². The van der Waals surface area contributed by atoms with Gasteiger partial charge in [0.15, 0.2) is 5.16 Å². The van der Waals surface area contributed by atoms with Crippen LogP contribution in [0.4, 0.5) is 0 Å². The minimum Gasteiger partial charge on any atom is -0.468 e. The summed E-state index contributed by atoms with van der Waals surface area (Å²) in [4.78, 5) is 29.5. The zero-order valence-corrected chi connectivity index (χ0v) is 15.0. The summed E-state index contributed by atoms with van der Waals surface area (Å²) >= 11 is 1.21. The minimum absolute atomic E-state index is 0.158. The monoisotopic (exact) mass is 354 g/mol.